The fraction of sp³-hybridized carbons (Fsp3) is 0.381. The molecule has 29 heavy (non-hydrogen) atoms. The molecule has 152 valence electrons. The third-order valence-corrected chi connectivity index (χ3v) is 4.80. The van der Waals surface area contributed by atoms with Crippen molar-refractivity contribution in [3.63, 3.8) is 0 Å². The van der Waals surface area contributed by atoms with Crippen LogP contribution in [-0.4, -0.2) is 57.4 Å². The number of nitrogens with zero attached hydrogens (tertiary/aromatic N) is 5. The van der Waals surface area contributed by atoms with Crippen molar-refractivity contribution in [2.45, 2.75) is 26.4 Å². The molecule has 2 aromatic heterocycles. The molecule has 1 aromatic carbocycles. The maximum absolute atomic E-state index is 14.9. The van der Waals surface area contributed by atoms with E-state index < -0.39 is 5.60 Å². The molecule has 0 spiro atoms. The lowest BCUT2D eigenvalue weighted by molar-refractivity contribution is 0.0240. The molecular weight excluding hydrogens is 373 g/mol. The van der Waals surface area contributed by atoms with E-state index in [0.717, 1.165) is 16.8 Å². The summed E-state index contributed by atoms with van der Waals surface area (Å²) in [6, 6.07) is 6.98. The number of anilines is 1. The van der Waals surface area contributed by atoms with Crippen LogP contribution in [0, 0.1) is 5.82 Å². The van der Waals surface area contributed by atoms with Crippen LogP contribution in [0.25, 0.3) is 16.8 Å². The molecule has 7 nitrogen and oxygen atoms in total. The second-order valence-electron chi connectivity index (χ2n) is 8.10. The number of carbonyl (C=O) groups is 1. The maximum Gasteiger partial charge on any atom is 0.410 e. The van der Waals surface area contributed by atoms with Crippen LogP contribution in [-0.2, 0) is 4.74 Å². The number of hydrogen-bond acceptors (Lipinski definition) is 5. The number of ether oxygens (including phenoxy) is 1. The topological polar surface area (TPSA) is 63.0 Å². The summed E-state index contributed by atoms with van der Waals surface area (Å²) in [5.41, 5.74) is 2.29. The van der Waals surface area contributed by atoms with Gasteiger partial charge in [0.1, 0.15) is 11.4 Å². The summed E-state index contributed by atoms with van der Waals surface area (Å²) < 4.78 is 21.9. The van der Waals surface area contributed by atoms with Crippen molar-refractivity contribution in [2.75, 3.05) is 31.1 Å². The average molecular weight is 397 g/mol. The molecule has 1 aliphatic rings. The molecular formula is C21H24FN5O2. The highest BCUT2D eigenvalue weighted by atomic mass is 19.1. The number of halogens is 1. The van der Waals surface area contributed by atoms with Gasteiger partial charge in [-0.05, 0) is 38.5 Å². The van der Waals surface area contributed by atoms with E-state index >= 15 is 0 Å². The highest BCUT2D eigenvalue weighted by Gasteiger charge is 2.26. The third kappa shape index (κ3) is 4.16. The molecule has 1 amide bonds. The minimum absolute atomic E-state index is 0.297. The van der Waals surface area contributed by atoms with Crippen LogP contribution < -0.4 is 4.90 Å². The van der Waals surface area contributed by atoms with Gasteiger partial charge >= 0.3 is 6.09 Å². The Morgan fingerprint density at radius 3 is 2.55 bits per heavy atom. The van der Waals surface area contributed by atoms with Gasteiger partial charge in [0.15, 0.2) is 5.65 Å². The molecule has 0 saturated carbocycles. The largest absolute Gasteiger partial charge is 0.444 e. The van der Waals surface area contributed by atoms with Crippen LogP contribution >= 0.6 is 0 Å². The van der Waals surface area contributed by atoms with Crippen LogP contribution in [0.15, 0.2) is 42.9 Å². The van der Waals surface area contributed by atoms with Crippen molar-refractivity contribution in [3.8, 4) is 11.1 Å². The van der Waals surface area contributed by atoms with Crippen molar-refractivity contribution < 1.29 is 13.9 Å². The van der Waals surface area contributed by atoms with Crippen LogP contribution in [0.5, 0.6) is 0 Å². The first kappa shape index (κ1) is 19.2. The lowest BCUT2D eigenvalue weighted by Gasteiger charge is -2.36. The fourth-order valence-electron chi connectivity index (χ4n) is 3.36. The van der Waals surface area contributed by atoms with E-state index in [9.17, 15) is 9.18 Å². The predicted octanol–water partition coefficient (Wildman–Crippen LogP) is 3.59. The van der Waals surface area contributed by atoms with Gasteiger partial charge in [-0.15, -0.1) is 0 Å². The van der Waals surface area contributed by atoms with Gasteiger partial charge in [-0.3, -0.25) is 0 Å². The molecule has 0 aliphatic carbocycles. The molecule has 0 unspecified atom stereocenters. The minimum atomic E-state index is -0.524. The van der Waals surface area contributed by atoms with Gasteiger partial charge in [-0.25, -0.2) is 18.7 Å². The Hall–Kier alpha value is -3.16. The molecule has 4 rings (SSSR count). The second kappa shape index (κ2) is 7.35. The Labute approximate surface area is 168 Å². The Bertz CT molecular complexity index is 1030. The van der Waals surface area contributed by atoms with Crippen LogP contribution in [0.2, 0.25) is 0 Å². The van der Waals surface area contributed by atoms with E-state index in [1.807, 2.05) is 44.0 Å². The van der Waals surface area contributed by atoms with E-state index in [1.165, 1.54) is 6.07 Å². The maximum atomic E-state index is 14.9. The number of carbonyl (C=O) groups excluding carboxylic acids is 1. The van der Waals surface area contributed by atoms with Gasteiger partial charge in [0, 0.05) is 50.2 Å². The Morgan fingerprint density at radius 2 is 1.86 bits per heavy atom. The third-order valence-electron chi connectivity index (χ3n) is 4.80. The zero-order valence-corrected chi connectivity index (χ0v) is 16.8. The van der Waals surface area contributed by atoms with Crippen molar-refractivity contribution >= 4 is 17.4 Å². The molecule has 3 heterocycles. The number of hydrogen-bond donors (Lipinski definition) is 0. The van der Waals surface area contributed by atoms with Crippen LogP contribution in [0.4, 0.5) is 14.9 Å². The standard InChI is InChI=1S/C21H24FN5O2/c1-21(2,3)29-20(28)26-10-8-25(9-11-26)18-5-4-15(12-17(18)22)16-13-23-19-6-7-24-27(19)14-16/h4-7,12-14H,8-11H2,1-3H3. The highest BCUT2D eigenvalue weighted by Crippen LogP contribution is 2.27. The summed E-state index contributed by atoms with van der Waals surface area (Å²) in [6.45, 7) is 7.63. The molecule has 8 heteroatoms. The zero-order chi connectivity index (χ0) is 20.6. The lowest BCUT2D eigenvalue weighted by Crippen LogP contribution is -2.50. The van der Waals surface area contributed by atoms with Gasteiger partial charge in [0.2, 0.25) is 0 Å². The molecule has 0 radical (unpaired) electrons. The van der Waals surface area contributed by atoms with Crippen LogP contribution in [0.3, 0.4) is 0 Å². The second-order valence-corrected chi connectivity index (χ2v) is 8.10. The van der Waals surface area contributed by atoms with Crippen molar-refractivity contribution in [1.82, 2.24) is 19.5 Å². The fourth-order valence-corrected chi connectivity index (χ4v) is 3.36. The first-order chi connectivity index (χ1) is 13.8. The first-order valence-corrected chi connectivity index (χ1v) is 9.62. The smallest absolute Gasteiger partial charge is 0.410 e. The normalized spacial score (nSPS) is 15.0. The van der Waals surface area contributed by atoms with E-state index in [0.29, 0.717) is 31.9 Å². The average Bonchev–Trinajstić information content (AvgIpc) is 3.14. The summed E-state index contributed by atoms with van der Waals surface area (Å²) >= 11 is 0. The SMILES string of the molecule is CC(C)(C)OC(=O)N1CCN(c2ccc(-c3cnc4ccnn4c3)cc2F)CC1. The molecule has 0 bridgehead atoms. The highest BCUT2D eigenvalue weighted by molar-refractivity contribution is 5.69. The molecule has 3 aromatic rings. The van der Waals surface area contributed by atoms with Gasteiger partial charge in [0.25, 0.3) is 0 Å². The summed E-state index contributed by atoms with van der Waals surface area (Å²) in [5.74, 6) is -0.297. The van der Waals surface area contributed by atoms with Gasteiger partial charge in [-0.1, -0.05) is 6.07 Å². The molecule has 0 N–H and O–H groups in total. The number of aromatic nitrogens is 3. The number of benzene rings is 1. The van der Waals surface area contributed by atoms with E-state index in [4.69, 9.17) is 4.74 Å². The number of piperazine rings is 1. The minimum Gasteiger partial charge on any atom is -0.444 e. The molecule has 1 fully saturated rings. The number of rotatable bonds is 2. The van der Waals surface area contributed by atoms with E-state index in [-0.39, 0.29) is 11.9 Å². The monoisotopic (exact) mass is 397 g/mol. The molecule has 1 aliphatic heterocycles. The summed E-state index contributed by atoms with van der Waals surface area (Å²) in [5, 5.41) is 4.17. The zero-order valence-electron chi connectivity index (χ0n) is 16.8. The summed E-state index contributed by atoms with van der Waals surface area (Å²) in [6.07, 6.45) is 4.89. The van der Waals surface area contributed by atoms with Gasteiger partial charge in [0.05, 0.1) is 11.9 Å². The quantitative estimate of drug-likeness (QED) is 0.661. The summed E-state index contributed by atoms with van der Waals surface area (Å²) in [4.78, 5) is 20.1. The molecule has 0 atom stereocenters. The Morgan fingerprint density at radius 1 is 1.10 bits per heavy atom. The first-order valence-electron chi connectivity index (χ1n) is 9.62. The summed E-state index contributed by atoms with van der Waals surface area (Å²) in [7, 11) is 0. The van der Waals surface area contributed by atoms with Gasteiger partial charge < -0.3 is 14.5 Å². The van der Waals surface area contributed by atoms with Gasteiger partial charge in [-0.2, -0.15) is 5.10 Å². The number of amides is 1. The Kier molecular flexibility index (Phi) is 4.86. The van der Waals surface area contributed by atoms with Crippen LogP contribution in [0.1, 0.15) is 20.8 Å². The molecule has 1 saturated heterocycles. The van der Waals surface area contributed by atoms with E-state index in [1.54, 1.807) is 27.9 Å². The van der Waals surface area contributed by atoms with Crippen molar-refractivity contribution in [1.29, 1.82) is 0 Å². The number of fused-ring (bicyclic) bond motifs is 1. The van der Waals surface area contributed by atoms with Crippen molar-refractivity contribution in [3.05, 3.63) is 48.7 Å². The lowest BCUT2D eigenvalue weighted by atomic mass is 10.1. The predicted molar refractivity (Wildman–Crippen MR) is 108 cm³/mol. The van der Waals surface area contributed by atoms with Crippen molar-refractivity contribution in [2.24, 2.45) is 0 Å². The Balaban J connectivity index is 1.45. The van der Waals surface area contributed by atoms with E-state index in [2.05, 4.69) is 10.1 Å².